The summed E-state index contributed by atoms with van der Waals surface area (Å²) in [4.78, 5) is 0. The van der Waals surface area contributed by atoms with Crippen molar-refractivity contribution in [2.45, 2.75) is 42.6 Å². The fourth-order valence-electron chi connectivity index (χ4n) is 2.85. The van der Waals surface area contributed by atoms with Crippen LogP contribution in [-0.2, 0) is 13.5 Å². The molecule has 1 aliphatic carbocycles. The Hall–Kier alpha value is -1.40. The average Bonchev–Trinajstić information content (AvgIpc) is 2.91. The van der Waals surface area contributed by atoms with Crippen LogP contribution in [0.2, 0.25) is 0 Å². The van der Waals surface area contributed by atoms with Crippen molar-refractivity contribution >= 4 is 11.8 Å². The topological polar surface area (TPSA) is 55.6 Å². The molecule has 0 fully saturated rings. The Morgan fingerprint density at radius 1 is 1.38 bits per heavy atom. The van der Waals surface area contributed by atoms with Gasteiger partial charge < -0.3 is 5.32 Å². The third kappa shape index (κ3) is 3.11. The number of rotatable bonds is 5. The lowest BCUT2D eigenvalue weighted by molar-refractivity contribution is 0.471. The van der Waals surface area contributed by atoms with E-state index in [1.165, 1.54) is 11.1 Å². The molecule has 0 aliphatic heterocycles. The summed E-state index contributed by atoms with van der Waals surface area (Å²) in [6.45, 7) is 3.24. The van der Waals surface area contributed by atoms with Gasteiger partial charge in [-0.3, -0.25) is 0 Å². The minimum absolute atomic E-state index is 0.372. The molecule has 6 heteroatoms. The van der Waals surface area contributed by atoms with Crippen molar-refractivity contribution in [2.75, 3.05) is 6.54 Å². The number of benzene rings is 1. The third-order valence-electron chi connectivity index (χ3n) is 3.91. The van der Waals surface area contributed by atoms with Crippen molar-refractivity contribution in [3.63, 3.8) is 0 Å². The maximum Gasteiger partial charge on any atom is 0.209 e. The Labute approximate surface area is 129 Å². The molecule has 1 aromatic heterocycles. The van der Waals surface area contributed by atoms with Gasteiger partial charge in [0.2, 0.25) is 5.16 Å². The first-order chi connectivity index (χ1) is 10.3. The van der Waals surface area contributed by atoms with E-state index < -0.39 is 0 Å². The van der Waals surface area contributed by atoms with Crippen LogP contribution in [0.1, 0.15) is 36.9 Å². The van der Waals surface area contributed by atoms with Crippen LogP contribution < -0.4 is 5.32 Å². The van der Waals surface area contributed by atoms with E-state index in [-0.39, 0.29) is 0 Å². The summed E-state index contributed by atoms with van der Waals surface area (Å²) in [5.41, 5.74) is 2.91. The monoisotopic (exact) mass is 303 g/mol. The lowest BCUT2D eigenvalue weighted by atomic mass is 9.87. The van der Waals surface area contributed by atoms with Crippen molar-refractivity contribution in [1.29, 1.82) is 0 Å². The first-order valence-electron chi connectivity index (χ1n) is 7.49. The van der Waals surface area contributed by atoms with Gasteiger partial charge in [-0.2, -0.15) is 0 Å². The molecule has 21 heavy (non-hydrogen) atoms. The van der Waals surface area contributed by atoms with Crippen LogP contribution in [-0.4, -0.2) is 32.0 Å². The molecule has 0 saturated heterocycles. The molecule has 2 unspecified atom stereocenters. The van der Waals surface area contributed by atoms with Gasteiger partial charge in [0.25, 0.3) is 0 Å². The lowest BCUT2D eigenvalue weighted by Crippen LogP contribution is -2.35. The van der Waals surface area contributed by atoms with E-state index in [1.807, 2.05) is 7.05 Å². The molecule has 1 heterocycles. The van der Waals surface area contributed by atoms with Gasteiger partial charge in [-0.25, -0.2) is 4.68 Å². The number of thioether (sulfide) groups is 1. The molecule has 2 aromatic rings. The fraction of sp³-hybridized carbons (Fsp3) is 0.533. The van der Waals surface area contributed by atoms with Crippen LogP contribution in [0.3, 0.4) is 0 Å². The highest BCUT2D eigenvalue weighted by atomic mass is 32.2. The molecule has 0 amide bonds. The number of tetrazole rings is 1. The standard InChI is InChI=1S/C15H21N5S/c1-3-10-16-14-12-7-5-4-6-11(12)8-9-13(14)21-15-17-18-19-20(15)2/h4-7,13-14,16H,3,8-10H2,1-2H3. The minimum atomic E-state index is 0.372. The number of nitrogens with one attached hydrogen (secondary N) is 1. The van der Waals surface area contributed by atoms with Crippen LogP contribution in [0.15, 0.2) is 29.4 Å². The predicted octanol–water partition coefficient (Wildman–Crippen LogP) is 2.36. The first-order valence-corrected chi connectivity index (χ1v) is 8.37. The van der Waals surface area contributed by atoms with Crippen molar-refractivity contribution in [1.82, 2.24) is 25.5 Å². The highest BCUT2D eigenvalue weighted by Crippen LogP contribution is 2.39. The van der Waals surface area contributed by atoms with Gasteiger partial charge in [0.05, 0.1) is 0 Å². The summed E-state index contributed by atoms with van der Waals surface area (Å²) in [5, 5.41) is 16.9. The SMILES string of the molecule is CCCNC1c2ccccc2CCC1Sc1nnnn1C. The molecule has 0 radical (unpaired) electrons. The zero-order valence-corrected chi connectivity index (χ0v) is 13.3. The fourth-order valence-corrected chi connectivity index (χ4v) is 4.01. The average molecular weight is 303 g/mol. The predicted molar refractivity (Wildman–Crippen MR) is 84.2 cm³/mol. The second-order valence-electron chi connectivity index (χ2n) is 5.41. The van der Waals surface area contributed by atoms with Gasteiger partial charge in [0.1, 0.15) is 0 Å². The Morgan fingerprint density at radius 2 is 2.24 bits per heavy atom. The van der Waals surface area contributed by atoms with Crippen LogP contribution in [0.25, 0.3) is 0 Å². The summed E-state index contributed by atoms with van der Waals surface area (Å²) in [6, 6.07) is 9.15. The second kappa shape index (κ2) is 6.58. The Balaban J connectivity index is 1.84. The number of nitrogens with zero attached hydrogens (tertiary/aromatic N) is 4. The highest BCUT2D eigenvalue weighted by molar-refractivity contribution is 7.99. The molecule has 1 N–H and O–H groups in total. The number of aryl methyl sites for hydroxylation is 2. The molecule has 112 valence electrons. The minimum Gasteiger partial charge on any atom is -0.309 e. The number of hydrogen-bond donors (Lipinski definition) is 1. The van der Waals surface area contributed by atoms with Crippen LogP contribution in [0.5, 0.6) is 0 Å². The molecule has 5 nitrogen and oxygen atoms in total. The molecular weight excluding hydrogens is 282 g/mol. The number of aromatic nitrogens is 4. The van der Waals surface area contributed by atoms with Crippen LogP contribution >= 0.6 is 11.8 Å². The number of hydrogen-bond acceptors (Lipinski definition) is 5. The maximum atomic E-state index is 4.12. The number of fused-ring (bicyclic) bond motifs is 1. The van der Waals surface area contributed by atoms with Gasteiger partial charge >= 0.3 is 0 Å². The van der Waals surface area contributed by atoms with Crippen molar-refractivity contribution in [3.05, 3.63) is 35.4 Å². The van der Waals surface area contributed by atoms with Gasteiger partial charge in [-0.15, -0.1) is 5.10 Å². The van der Waals surface area contributed by atoms with Gasteiger partial charge in [-0.05, 0) is 47.4 Å². The Bertz CT molecular complexity index is 597. The molecule has 3 rings (SSSR count). The van der Waals surface area contributed by atoms with Gasteiger partial charge in [0, 0.05) is 18.3 Å². The summed E-state index contributed by atoms with van der Waals surface area (Å²) >= 11 is 1.78. The molecule has 2 atom stereocenters. The second-order valence-corrected chi connectivity index (χ2v) is 6.62. The molecular formula is C15H21N5S. The summed E-state index contributed by atoms with van der Waals surface area (Å²) < 4.78 is 1.75. The molecule has 1 aromatic carbocycles. The molecule has 0 bridgehead atoms. The van der Waals surface area contributed by atoms with E-state index in [9.17, 15) is 0 Å². The van der Waals surface area contributed by atoms with Gasteiger partial charge in [-0.1, -0.05) is 43.0 Å². The van der Waals surface area contributed by atoms with Crippen molar-refractivity contribution in [2.24, 2.45) is 7.05 Å². The zero-order valence-electron chi connectivity index (χ0n) is 12.5. The third-order valence-corrected chi connectivity index (χ3v) is 5.28. The summed E-state index contributed by atoms with van der Waals surface area (Å²) in [6.07, 6.45) is 3.42. The Kier molecular flexibility index (Phi) is 4.55. The van der Waals surface area contributed by atoms with Crippen molar-refractivity contribution < 1.29 is 0 Å². The van der Waals surface area contributed by atoms with Crippen LogP contribution in [0, 0.1) is 0 Å². The van der Waals surface area contributed by atoms with Crippen LogP contribution in [0.4, 0.5) is 0 Å². The first kappa shape index (κ1) is 14.5. The van der Waals surface area contributed by atoms with Gasteiger partial charge in [0.15, 0.2) is 0 Å². The smallest absolute Gasteiger partial charge is 0.209 e. The van der Waals surface area contributed by atoms with E-state index in [0.29, 0.717) is 11.3 Å². The summed E-state index contributed by atoms with van der Waals surface area (Å²) in [5.74, 6) is 0. The molecule has 1 aliphatic rings. The molecule has 0 spiro atoms. The lowest BCUT2D eigenvalue weighted by Gasteiger charge is -2.33. The van der Waals surface area contributed by atoms with Crippen molar-refractivity contribution in [3.8, 4) is 0 Å². The largest absolute Gasteiger partial charge is 0.309 e. The maximum absolute atomic E-state index is 4.12. The normalized spacial score (nSPS) is 21.2. The Morgan fingerprint density at radius 3 is 3.00 bits per heavy atom. The molecule has 0 saturated carbocycles. The highest BCUT2D eigenvalue weighted by Gasteiger charge is 2.30. The van der Waals surface area contributed by atoms with E-state index >= 15 is 0 Å². The zero-order chi connectivity index (χ0) is 14.7. The quantitative estimate of drug-likeness (QED) is 0.919. The van der Waals surface area contributed by atoms with E-state index in [4.69, 9.17) is 0 Å². The van der Waals surface area contributed by atoms with E-state index in [2.05, 4.69) is 52.0 Å². The van der Waals surface area contributed by atoms with E-state index in [0.717, 1.165) is 31.0 Å². The van der Waals surface area contributed by atoms with E-state index in [1.54, 1.807) is 16.4 Å². The summed E-state index contributed by atoms with van der Waals surface area (Å²) in [7, 11) is 1.90.